The zero-order valence-electron chi connectivity index (χ0n) is 13.5. The summed E-state index contributed by atoms with van der Waals surface area (Å²) in [5, 5.41) is 0. The van der Waals surface area contributed by atoms with Crippen LogP contribution in [0.4, 0.5) is 4.39 Å². The molecule has 1 fully saturated rings. The maximum atomic E-state index is 13.0. The Morgan fingerprint density at radius 1 is 1.35 bits per heavy atom. The number of carbonyl (C=O) groups is 1. The van der Waals surface area contributed by atoms with E-state index in [1.165, 1.54) is 17.7 Å². The quantitative estimate of drug-likeness (QED) is 0.896. The lowest BCUT2D eigenvalue weighted by atomic mass is 9.94. The summed E-state index contributed by atoms with van der Waals surface area (Å²) < 4.78 is 13.0. The maximum Gasteiger partial charge on any atom is 0.228 e. The molecule has 5 heteroatoms. The molecule has 2 N–H and O–H groups in total. The van der Waals surface area contributed by atoms with E-state index in [-0.39, 0.29) is 23.7 Å². The third kappa shape index (κ3) is 3.62. The van der Waals surface area contributed by atoms with Crippen LogP contribution < -0.4 is 10.9 Å². The molecule has 1 amide bonds. The van der Waals surface area contributed by atoms with E-state index in [0.29, 0.717) is 13.1 Å². The van der Waals surface area contributed by atoms with Crippen molar-refractivity contribution >= 4 is 11.5 Å². The number of hydrogen-bond acceptors (Lipinski definition) is 3. The summed E-state index contributed by atoms with van der Waals surface area (Å²) in [6.45, 7) is 4.22. The van der Waals surface area contributed by atoms with Crippen molar-refractivity contribution in [3.8, 4) is 0 Å². The van der Waals surface area contributed by atoms with Crippen LogP contribution >= 0.6 is 0 Å². The van der Waals surface area contributed by atoms with Crippen molar-refractivity contribution in [3.63, 3.8) is 0 Å². The highest BCUT2D eigenvalue weighted by Crippen LogP contribution is 2.24. The fourth-order valence-corrected chi connectivity index (χ4v) is 3.42. The lowest BCUT2D eigenvalue weighted by molar-refractivity contribution is -0.135. The van der Waals surface area contributed by atoms with Crippen LogP contribution in [-0.2, 0) is 4.79 Å². The van der Waals surface area contributed by atoms with Gasteiger partial charge in [-0.3, -0.25) is 15.6 Å². The number of benzene rings is 1. The normalized spacial score (nSPS) is 24.6. The first-order chi connectivity index (χ1) is 11.2. The third-order valence-electron chi connectivity index (χ3n) is 4.75. The van der Waals surface area contributed by atoms with Gasteiger partial charge in [0.15, 0.2) is 0 Å². The minimum Gasteiger partial charge on any atom is -0.338 e. The average molecular weight is 317 g/mol. The van der Waals surface area contributed by atoms with E-state index in [9.17, 15) is 9.18 Å². The number of carbonyl (C=O) groups excluding carboxylic acids is 1. The Balaban J connectivity index is 1.63. The van der Waals surface area contributed by atoms with Crippen molar-refractivity contribution < 1.29 is 9.18 Å². The van der Waals surface area contributed by atoms with E-state index in [4.69, 9.17) is 0 Å². The Hall–Kier alpha value is -1.72. The smallest absolute Gasteiger partial charge is 0.228 e. The largest absolute Gasteiger partial charge is 0.338 e. The lowest BCUT2D eigenvalue weighted by Gasteiger charge is -2.30. The number of nitrogens with one attached hydrogen (secondary N) is 2. The van der Waals surface area contributed by atoms with E-state index in [1.54, 1.807) is 12.1 Å². The first-order valence-electron chi connectivity index (χ1n) is 8.41. The highest BCUT2D eigenvalue weighted by atomic mass is 19.1. The van der Waals surface area contributed by atoms with Crippen LogP contribution in [0, 0.1) is 11.7 Å². The first kappa shape index (κ1) is 16.1. The highest BCUT2D eigenvalue weighted by Gasteiger charge is 2.35. The molecule has 0 radical (unpaired) electrons. The van der Waals surface area contributed by atoms with E-state index >= 15 is 0 Å². The lowest BCUT2D eigenvalue weighted by Crippen LogP contribution is -2.43. The van der Waals surface area contributed by atoms with Crippen molar-refractivity contribution in [3.05, 3.63) is 41.7 Å². The second-order valence-corrected chi connectivity index (χ2v) is 6.30. The van der Waals surface area contributed by atoms with E-state index < -0.39 is 0 Å². The third-order valence-corrected chi connectivity index (χ3v) is 4.75. The van der Waals surface area contributed by atoms with Crippen LogP contribution in [0.1, 0.15) is 31.7 Å². The van der Waals surface area contributed by atoms with Gasteiger partial charge in [0.25, 0.3) is 0 Å². The van der Waals surface area contributed by atoms with Crippen molar-refractivity contribution in [1.29, 1.82) is 0 Å². The monoisotopic (exact) mass is 317 g/mol. The fraction of sp³-hybridized carbons (Fsp3) is 0.500. The SMILES string of the molecule is CCCC1NNCC1C(=O)N1CC=C(c2ccc(F)cc2)CC1. The van der Waals surface area contributed by atoms with Crippen molar-refractivity contribution in [2.24, 2.45) is 5.92 Å². The van der Waals surface area contributed by atoms with E-state index in [0.717, 1.165) is 31.4 Å². The van der Waals surface area contributed by atoms with Crippen LogP contribution in [0.3, 0.4) is 0 Å². The Labute approximate surface area is 136 Å². The molecule has 0 spiro atoms. The number of amides is 1. The molecule has 23 heavy (non-hydrogen) atoms. The molecule has 1 saturated heterocycles. The van der Waals surface area contributed by atoms with Gasteiger partial charge in [-0.15, -0.1) is 0 Å². The van der Waals surface area contributed by atoms with Crippen LogP contribution in [0.15, 0.2) is 30.3 Å². The summed E-state index contributed by atoms with van der Waals surface area (Å²) in [7, 11) is 0. The molecule has 2 unspecified atom stereocenters. The standard InChI is InChI=1S/C18H24FN3O/c1-2-3-17-16(12-20-21-17)18(23)22-10-8-14(9-11-22)13-4-6-15(19)7-5-13/h4-8,16-17,20-21H,2-3,9-12H2,1H3. The Morgan fingerprint density at radius 2 is 2.13 bits per heavy atom. The van der Waals surface area contributed by atoms with Gasteiger partial charge in [0, 0.05) is 25.7 Å². The van der Waals surface area contributed by atoms with Gasteiger partial charge in [0.2, 0.25) is 5.91 Å². The van der Waals surface area contributed by atoms with Crippen molar-refractivity contribution in [1.82, 2.24) is 15.8 Å². The second kappa shape index (κ2) is 7.23. The van der Waals surface area contributed by atoms with Crippen molar-refractivity contribution in [2.75, 3.05) is 19.6 Å². The summed E-state index contributed by atoms with van der Waals surface area (Å²) in [4.78, 5) is 14.7. The number of hydrazine groups is 1. The Kier molecular flexibility index (Phi) is 5.08. The number of rotatable bonds is 4. The van der Waals surface area contributed by atoms with Gasteiger partial charge in [-0.1, -0.05) is 31.6 Å². The summed E-state index contributed by atoms with van der Waals surface area (Å²) in [6, 6.07) is 6.81. The van der Waals surface area contributed by atoms with Gasteiger partial charge in [0.1, 0.15) is 5.82 Å². The predicted molar refractivity (Wildman–Crippen MR) is 88.9 cm³/mol. The molecule has 124 valence electrons. The van der Waals surface area contributed by atoms with Crippen LogP contribution in [-0.4, -0.2) is 36.5 Å². The molecule has 3 rings (SSSR count). The minimum absolute atomic E-state index is 0.0238. The number of halogens is 1. The predicted octanol–water partition coefficient (Wildman–Crippen LogP) is 2.33. The molecule has 0 aliphatic carbocycles. The molecule has 0 bridgehead atoms. The molecular formula is C18H24FN3O. The molecular weight excluding hydrogens is 293 g/mol. The van der Waals surface area contributed by atoms with E-state index in [2.05, 4.69) is 23.9 Å². The van der Waals surface area contributed by atoms with Gasteiger partial charge in [-0.05, 0) is 36.1 Å². The van der Waals surface area contributed by atoms with Crippen LogP contribution in [0.5, 0.6) is 0 Å². The van der Waals surface area contributed by atoms with Crippen LogP contribution in [0.2, 0.25) is 0 Å². The first-order valence-corrected chi connectivity index (χ1v) is 8.41. The molecule has 1 aromatic carbocycles. The van der Waals surface area contributed by atoms with Crippen molar-refractivity contribution in [2.45, 2.75) is 32.2 Å². The topological polar surface area (TPSA) is 44.4 Å². The number of hydrogen-bond donors (Lipinski definition) is 2. The Bertz CT molecular complexity index is 584. The summed E-state index contributed by atoms with van der Waals surface area (Å²) in [6.07, 6.45) is 4.99. The maximum absolute atomic E-state index is 13.0. The van der Waals surface area contributed by atoms with Gasteiger partial charge in [-0.25, -0.2) is 4.39 Å². The second-order valence-electron chi connectivity index (χ2n) is 6.30. The van der Waals surface area contributed by atoms with Crippen LogP contribution in [0.25, 0.3) is 5.57 Å². The Morgan fingerprint density at radius 3 is 2.78 bits per heavy atom. The molecule has 2 aliphatic rings. The number of nitrogens with zero attached hydrogens (tertiary/aromatic N) is 1. The summed E-state index contributed by atoms with van der Waals surface area (Å²) in [5.41, 5.74) is 8.58. The molecule has 2 heterocycles. The average Bonchev–Trinajstić information content (AvgIpc) is 3.04. The molecule has 0 saturated carbocycles. The molecule has 2 aliphatic heterocycles. The van der Waals surface area contributed by atoms with E-state index in [1.807, 2.05) is 4.90 Å². The molecule has 0 aromatic heterocycles. The summed E-state index contributed by atoms with van der Waals surface area (Å²) in [5.74, 6) is 0.0382. The molecule has 4 nitrogen and oxygen atoms in total. The highest BCUT2D eigenvalue weighted by molar-refractivity contribution is 5.81. The van der Waals surface area contributed by atoms with Gasteiger partial charge >= 0.3 is 0 Å². The zero-order chi connectivity index (χ0) is 16.2. The fourth-order valence-electron chi connectivity index (χ4n) is 3.42. The molecule has 2 atom stereocenters. The minimum atomic E-state index is -0.217. The molecule has 1 aromatic rings. The van der Waals surface area contributed by atoms with Gasteiger partial charge in [0.05, 0.1) is 5.92 Å². The summed E-state index contributed by atoms with van der Waals surface area (Å²) >= 11 is 0. The van der Waals surface area contributed by atoms with Gasteiger partial charge in [-0.2, -0.15) is 0 Å². The van der Waals surface area contributed by atoms with Gasteiger partial charge < -0.3 is 4.90 Å². The zero-order valence-corrected chi connectivity index (χ0v) is 13.5.